The van der Waals surface area contributed by atoms with Gasteiger partial charge in [-0.05, 0) is 52.9 Å². The molecule has 16 unspecified atom stereocenters. The number of rotatable bonds is 47. The molecule has 16 N–H and O–H groups in total. The van der Waals surface area contributed by atoms with Crippen LogP contribution in [0.25, 0.3) is 0 Å². The predicted molar refractivity (Wildman–Crippen MR) is 342 cm³/mol. The summed E-state index contributed by atoms with van der Waals surface area (Å²) in [5.41, 5.74) is -0.417. The van der Waals surface area contributed by atoms with Crippen molar-refractivity contribution in [1.29, 1.82) is 0 Å². The van der Waals surface area contributed by atoms with E-state index < -0.39 is 190 Å². The highest BCUT2D eigenvalue weighted by Gasteiger charge is 2.48. The Labute approximate surface area is 581 Å². The third-order valence-corrected chi connectivity index (χ3v) is 15.9. The number of nitrogens with one attached hydrogen (secondary N) is 7. The van der Waals surface area contributed by atoms with Crippen LogP contribution in [0, 0.1) is 5.92 Å². The number of nitrogens with zero attached hydrogens (tertiary/aromatic N) is 1. The number of aliphatic hydroxyl groups is 9. The molecular formula is C62H110N8O30. The minimum Gasteiger partial charge on any atom is -0.394 e. The highest BCUT2D eigenvalue weighted by atomic mass is 16.7. The zero-order chi connectivity index (χ0) is 73.7. The molecule has 8 amide bonds. The molecule has 0 radical (unpaired) electrons. The second-order valence-electron chi connectivity index (χ2n) is 25.1. The van der Waals surface area contributed by atoms with E-state index in [0.717, 1.165) is 4.90 Å². The zero-order valence-electron chi connectivity index (χ0n) is 57.9. The summed E-state index contributed by atoms with van der Waals surface area (Å²) in [5, 5.41) is 109. The first-order chi connectivity index (χ1) is 47.7. The van der Waals surface area contributed by atoms with Crippen molar-refractivity contribution >= 4 is 47.3 Å². The van der Waals surface area contributed by atoms with Crippen LogP contribution in [0.5, 0.6) is 0 Å². The minimum absolute atomic E-state index is 0.00967. The fourth-order valence-corrected chi connectivity index (χ4v) is 11.0. The molecule has 3 heterocycles. The van der Waals surface area contributed by atoms with Gasteiger partial charge in [-0.15, -0.1) is 0 Å². The van der Waals surface area contributed by atoms with Gasteiger partial charge in [-0.2, -0.15) is 0 Å². The Morgan fingerprint density at radius 1 is 0.450 bits per heavy atom. The summed E-state index contributed by atoms with van der Waals surface area (Å²) in [6.45, 7) is 6.48. The number of amides is 8. The highest BCUT2D eigenvalue weighted by Crippen LogP contribution is 2.30. The van der Waals surface area contributed by atoms with Gasteiger partial charge >= 0.3 is 0 Å². The van der Waals surface area contributed by atoms with Gasteiger partial charge in [0.2, 0.25) is 47.3 Å². The largest absolute Gasteiger partial charge is 0.394 e. The van der Waals surface area contributed by atoms with E-state index in [4.69, 9.17) is 61.6 Å². The number of ether oxygens (including phenoxy) is 13. The molecule has 0 bridgehead atoms. The van der Waals surface area contributed by atoms with Crippen LogP contribution in [0.4, 0.5) is 0 Å². The molecule has 0 aromatic rings. The molecule has 3 saturated heterocycles. The van der Waals surface area contributed by atoms with Crippen LogP contribution < -0.4 is 37.2 Å². The second kappa shape index (κ2) is 47.3. The van der Waals surface area contributed by atoms with Crippen LogP contribution in [0.2, 0.25) is 0 Å². The van der Waals surface area contributed by atoms with Crippen molar-refractivity contribution in [3.8, 4) is 0 Å². The molecule has 1 aliphatic carbocycles. The summed E-state index contributed by atoms with van der Waals surface area (Å²) in [6.07, 6.45) is -14.6. The van der Waals surface area contributed by atoms with Gasteiger partial charge in [-0.3, -0.25) is 38.4 Å². The van der Waals surface area contributed by atoms with E-state index in [1.807, 2.05) is 20.8 Å². The molecule has 578 valence electrons. The van der Waals surface area contributed by atoms with Gasteiger partial charge in [0.25, 0.3) is 0 Å². The van der Waals surface area contributed by atoms with Crippen LogP contribution in [-0.2, 0) is 99.9 Å². The van der Waals surface area contributed by atoms with Crippen molar-refractivity contribution in [3.05, 3.63) is 0 Å². The number of hydrogen-bond donors (Lipinski definition) is 16. The van der Waals surface area contributed by atoms with Gasteiger partial charge in [0.05, 0.1) is 131 Å². The monoisotopic (exact) mass is 1450 g/mol. The van der Waals surface area contributed by atoms with Crippen molar-refractivity contribution in [2.75, 3.05) is 152 Å². The van der Waals surface area contributed by atoms with E-state index in [9.17, 15) is 84.3 Å². The third kappa shape index (κ3) is 32.3. The molecular weight excluding hydrogens is 1340 g/mol. The lowest BCUT2D eigenvalue weighted by Crippen LogP contribution is -2.64. The average Bonchev–Trinajstić information content (AvgIpc) is 0.822. The average molecular weight is 1450 g/mol. The summed E-state index contributed by atoms with van der Waals surface area (Å²) in [4.78, 5) is 105. The molecule has 38 heteroatoms. The lowest BCUT2D eigenvalue weighted by molar-refractivity contribution is -0.272. The van der Waals surface area contributed by atoms with E-state index in [2.05, 4.69) is 37.2 Å². The Kier molecular flexibility index (Phi) is 41.3. The van der Waals surface area contributed by atoms with Crippen molar-refractivity contribution in [3.63, 3.8) is 0 Å². The summed E-state index contributed by atoms with van der Waals surface area (Å²) in [7, 11) is 0. The van der Waals surface area contributed by atoms with Crippen LogP contribution in [0.15, 0.2) is 0 Å². The van der Waals surface area contributed by atoms with Gasteiger partial charge in [-0.25, -0.2) is 0 Å². The van der Waals surface area contributed by atoms with Crippen molar-refractivity contribution in [1.82, 2.24) is 42.1 Å². The quantitative estimate of drug-likeness (QED) is 0.0252. The van der Waals surface area contributed by atoms with Gasteiger partial charge in [0, 0.05) is 52.7 Å². The summed E-state index contributed by atoms with van der Waals surface area (Å²) >= 11 is 0. The standard InChI is InChI=1S/C62H110N8O30/c1-36(74)66-48-54(83)51(80)42(33-71)97-59(48)94-28-25-91-22-19-88-16-13-63-45(77)12-11-41(69-57(86)39-7-9-40(10-8-39)100-62(4,5)6)58(87)70(31-46(78)64-14-17-89-20-23-92-26-29-95-60-49(67-37(2)75)55(84)52(81)43(34-72)98-60)32-47(79)65-15-18-90-21-24-93-27-30-96-61-50(68-38(3)76)56(85)53(82)44(35-73)99-61/h39-44,48-56,59-61,71-73,80-85H,7-35H2,1-6H3,(H,63,77)(H,64,78)(H,65,79)(H,66,74)(H,67,75)(H,68,76)(H,69,86)/t39-,40-,41?,42?,43?,44?,48?,49?,50?,51?,52?,53?,54?,55?,56?,59?,60?,61?. The Morgan fingerprint density at radius 3 is 1.09 bits per heavy atom. The number of carbonyl (C=O) groups is 8. The maximum absolute atomic E-state index is 14.7. The lowest BCUT2D eigenvalue weighted by atomic mass is 9.86. The molecule has 3 aliphatic heterocycles. The first-order valence-electron chi connectivity index (χ1n) is 33.7. The summed E-state index contributed by atoms with van der Waals surface area (Å²) < 4.78 is 73.1. The normalized spacial score (nSPS) is 28.1. The maximum atomic E-state index is 14.7. The fourth-order valence-electron chi connectivity index (χ4n) is 11.0. The molecule has 0 aromatic heterocycles. The van der Waals surface area contributed by atoms with Gasteiger partial charge in [0.1, 0.15) is 92.2 Å². The van der Waals surface area contributed by atoms with E-state index in [0.29, 0.717) is 25.7 Å². The highest BCUT2D eigenvalue weighted by molar-refractivity contribution is 5.94. The Balaban J connectivity index is 1.31. The molecule has 0 spiro atoms. The number of aliphatic hydroxyl groups excluding tert-OH is 9. The Morgan fingerprint density at radius 2 is 0.770 bits per heavy atom. The molecule has 4 rings (SSSR count). The van der Waals surface area contributed by atoms with Gasteiger partial charge in [0.15, 0.2) is 18.9 Å². The SMILES string of the molecule is CC(=O)NC1C(OCCOCCOCCNC(=O)CCC(NC(=O)[C@H]2CC[C@H](OC(C)(C)C)CC2)C(=O)N(CC(=O)NCCOCCOCCOC2OC(CO)C(O)C(O)C2NC(C)=O)CC(=O)NCCOCCOCCOC2OC(CO)C(O)C(O)C2NC(C)=O)OC(CO)C(O)C1O. The Bertz CT molecular complexity index is 2330. The molecule has 16 atom stereocenters. The van der Waals surface area contributed by atoms with Crippen LogP contribution in [-0.4, -0.2) is 359 Å². The van der Waals surface area contributed by atoms with Gasteiger partial charge < -0.3 is 150 Å². The van der Waals surface area contributed by atoms with E-state index in [1.54, 1.807) is 0 Å². The smallest absolute Gasteiger partial charge is 0.246 e. The van der Waals surface area contributed by atoms with E-state index in [-0.39, 0.29) is 138 Å². The fraction of sp³-hybridized carbons (Fsp3) is 0.871. The van der Waals surface area contributed by atoms with Crippen LogP contribution >= 0.6 is 0 Å². The predicted octanol–water partition coefficient (Wildman–Crippen LogP) is -8.22. The molecule has 4 fully saturated rings. The topological polar surface area (TPSA) is 526 Å². The van der Waals surface area contributed by atoms with Crippen molar-refractivity contribution in [2.45, 2.75) is 190 Å². The number of hydrogen-bond acceptors (Lipinski definition) is 30. The van der Waals surface area contributed by atoms with Crippen molar-refractivity contribution in [2.24, 2.45) is 5.92 Å². The van der Waals surface area contributed by atoms with E-state index in [1.165, 1.54) is 20.8 Å². The minimum atomic E-state index is -1.49. The Hall–Kier alpha value is -5.12. The van der Waals surface area contributed by atoms with Crippen molar-refractivity contribution < 1.29 is 146 Å². The lowest BCUT2D eigenvalue weighted by Gasteiger charge is -2.42. The molecule has 38 nitrogen and oxygen atoms in total. The first kappa shape index (κ1) is 87.3. The summed E-state index contributed by atoms with van der Waals surface area (Å²) in [5.74, 6) is -5.28. The number of carbonyl (C=O) groups excluding carboxylic acids is 8. The second-order valence-corrected chi connectivity index (χ2v) is 25.1. The summed E-state index contributed by atoms with van der Waals surface area (Å²) in [6, 6.07) is -4.78. The molecule has 0 aromatic carbocycles. The zero-order valence-corrected chi connectivity index (χ0v) is 57.9. The molecule has 4 aliphatic rings. The first-order valence-corrected chi connectivity index (χ1v) is 33.7. The maximum Gasteiger partial charge on any atom is 0.246 e. The third-order valence-electron chi connectivity index (χ3n) is 15.9. The van der Waals surface area contributed by atoms with Gasteiger partial charge in [-0.1, -0.05) is 0 Å². The van der Waals surface area contributed by atoms with Crippen LogP contribution in [0.1, 0.15) is 80.1 Å². The molecule has 1 saturated carbocycles. The van der Waals surface area contributed by atoms with Crippen LogP contribution in [0.3, 0.4) is 0 Å². The molecule has 100 heavy (non-hydrogen) atoms. The van der Waals surface area contributed by atoms with E-state index >= 15 is 0 Å².